The Hall–Kier alpha value is 0.757. The first-order valence-electron chi connectivity index (χ1n) is 4.09. The molecule has 0 amide bonds. The SMILES string of the molecule is CCN(CC)[Si](Cl)(Cl)C(C)C. The molecule has 0 unspecified atom stereocenters. The van der Waals surface area contributed by atoms with Gasteiger partial charge in [0.05, 0.1) is 0 Å². The van der Waals surface area contributed by atoms with Gasteiger partial charge in [0.1, 0.15) is 0 Å². The van der Waals surface area contributed by atoms with Crippen molar-refractivity contribution >= 4 is 29.0 Å². The van der Waals surface area contributed by atoms with E-state index >= 15 is 0 Å². The highest BCUT2D eigenvalue weighted by molar-refractivity contribution is 7.44. The lowest BCUT2D eigenvalue weighted by molar-refractivity contribution is 0.476. The topological polar surface area (TPSA) is 3.24 Å². The zero-order chi connectivity index (χ0) is 9.07. The van der Waals surface area contributed by atoms with E-state index in [4.69, 9.17) is 22.2 Å². The van der Waals surface area contributed by atoms with Crippen molar-refractivity contribution in [3.8, 4) is 0 Å². The molecule has 4 heteroatoms. The third-order valence-corrected chi connectivity index (χ3v) is 8.80. The van der Waals surface area contributed by atoms with E-state index in [0.717, 1.165) is 13.1 Å². The number of halogens is 2. The summed E-state index contributed by atoms with van der Waals surface area (Å²) in [4.78, 5) is 0. The van der Waals surface area contributed by atoms with Crippen molar-refractivity contribution in [3.05, 3.63) is 0 Å². The molecule has 0 atom stereocenters. The van der Waals surface area contributed by atoms with Crippen LogP contribution in [-0.4, -0.2) is 24.5 Å². The Morgan fingerprint density at radius 2 is 1.55 bits per heavy atom. The van der Waals surface area contributed by atoms with Gasteiger partial charge in [-0.15, -0.1) is 22.2 Å². The summed E-state index contributed by atoms with van der Waals surface area (Å²) in [5.41, 5.74) is 0.394. The van der Waals surface area contributed by atoms with Gasteiger partial charge in [-0.2, -0.15) is 0 Å². The zero-order valence-electron chi connectivity index (χ0n) is 7.69. The molecule has 0 radical (unpaired) electrons. The lowest BCUT2D eigenvalue weighted by atomic mass is 10.6. The predicted octanol–water partition coefficient (Wildman–Crippen LogP) is 3.15. The summed E-state index contributed by atoms with van der Waals surface area (Å²) in [6.45, 7) is 8.14. The smallest absolute Gasteiger partial charge is 0.300 e. The molecule has 68 valence electrons. The van der Waals surface area contributed by atoms with Crippen molar-refractivity contribution in [2.75, 3.05) is 13.1 Å². The molecule has 0 aromatic rings. The minimum Gasteiger partial charge on any atom is -0.300 e. The average molecular weight is 214 g/mol. The van der Waals surface area contributed by atoms with E-state index in [9.17, 15) is 0 Å². The molecule has 0 aromatic heterocycles. The lowest BCUT2D eigenvalue weighted by Gasteiger charge is -2.32. The Labute approximate surface area is 80.2 Å². The second-order valence-electron chi connectivity index (χ2n) is 2.91. The number of hydrogen-bond donors (Lipinski definition) is 0. The molecule has 0 saturated carbocycles. The van der Waals surface area contributed by atoms with Gasteiger partial charge >= 0.3 is 6.86 Å². The molecule has 0 aliphatic heterocycles. The van der Waals surface area contributed by atoms with Crippen molar-refractivity contribution in [3.63, 3.8) is 0 Å². The molecule has 0 aliphatic rings. The monoisotopic (exact) mass is 213 g/mol. The average Bonchev–Trinajstić information content (AvgIpc) is 1.89. The Bertz CT molecular complexity index is 113. The fourth-order valence-electron chi connectivity index (χ4n) is 1.01. The minimum absolute atomic E-state index is 0.394. The second kappa shape index (κ2) is 4.70. The number of nitrogens with zero attached hydrogens (tertiary/aromatic N) is 1. The Morgan fingerprint density at radius 1 is 1.18 bits per heavy atom. The highest BCUT2D eigenvalue weighted by Crippen LogP contribution is 2.32. The molecular weight excluding hydrogens is 197 g/mol. The molecule has 0 bridgehead atoms. The molecule has 0 saturated heterocycles. The maximum atomic E-state index is 6.27. The van der Waals surface area contributed by atoms with E-state index in [1.807, 2.05) is 0 Å². The standard InChI is InChI=1S/C7H17Cl2NSi/c1-5-10(6-2)11(8,9)7(3)4/h7H,5-6H2,1-4H3. The fourth-order valence-corrected chi connectivity index (χ4v) is 4.02. The molecular formula is C7H17Cl2NSi. The first-order chi connectivity index (χ1) is 4.96. The quantitative estimate of drug-likeness (QED) is 0.513. The molecule has 0 fully saturated rings. The Morgan fingerprint density at radius 3 is 1.64 bits per heavy atom. The van der Waals surface area contributed by atoms with Crippen LogP contribution in [0.4, 0.5) is 0 Å². The highest BCUT2D eigenvalue weighted by atomic mass is 35.7. The van der Waals surface area contributed by atoms with Gasteiger partial charge in [0.25, 0.3) is 0 Å². The van der Waals surface area contributed by atoms with Crippen LogP contribution in [0.2, 0.25) is 5.54 Å². The zero-order valence-corrected chi connectivity index (χ0v) is 10.2. The van der Waals surface area contributed by atoms with Crippen molar-refractivity contribution in [1.82, 2.24) is 4.57 Å². The normalized spacial score (nSPS) is 13.1. The van der Waals surface area contributed by atoms with Gasteiger partial charge in [0, 0.05) is 0 Å². The summed E-state index contributed by atoms with van der Waals surface area (Å²) in [5.74, 6) is 0. The third kappa shape index (κ3) is 2.94. The van der Waals surface area contributed by atoms with Crippen LogP contribution >= 0.6 is 22.2 Å². The maximum Gasteiger partial charge on any atom is 0.327 e. The first-order valence-corrected chi connectivity index (χ1v) is 8.14. The van der Waals surface area contributed by atoms with Gasteiger partial charge in [-0.3, -0.25) is 0 Å². The van der Waals surface area contributed by atoms with E-state index in [2.05, 4.69) is 32.3 Å². The Balaban J connectivity index is 4.24. The van der Waals surface area contributed by atoms with Crippen LogP contribution in [0.5, 0.6) is 0 Å². The van der Waals surface area contributed by atoms with Crippen LogP contribution in [0.3, 0.4) is 0 Å². The first kappa shape index (κ1) is 11.8. The van der Waals surface area contributed by atoms with E-state index in [1.54, 1.807) is 0 Å². The van der Waals surface area contributed by atoms with Crippen LogP contribution in [0.25, 0.3) is 0 Å². The van der Waals surface area contributed by atoms with Gasteiger partial charge in [-0.05, 0) is 18.6 Å². The summed E-state index contributed by atoms with van der Waals surface area (Å²) in [5, 5.41) is 0. The second-order valence-corrected chi connectivity index (χ2v) is 9.92. The van der Waals surface area contributed by atoms with Gasteiger partial charge in [-0.25, -0.2) is 0 Å². The largest absolute Gasteiger partial charge is 0.327 e. The minimum atomic E-state index is -2.13. The lowest BCUT2D eigenvalue weighted by Crippen LogP contribution is -2.46. The van der Waals surface area contributed by atoms with Crippen molar-refractivity contribution in [2.24, 2.45) is 0 Å². The molecule has 0 heterocycles. The van der Waals surface area contributed by atoms with E-state index in [-0.39, 0.29) is 0 Å². The Kier molecular flexibility index (Phi) is 5.03. The van der Waals surface area contributed by atoms with Crippen molar-refractivity contribution in [1.29, 1.82) is 0 Å². The molecule has 0 aliphatic carbocycles. The van der Waals surface area contributed by atoms with Crippen molar-refractivity contribution in [2.45, 2.75) is 33.2 Å². The van der Waals surface area contributed by atoms with Gasteiger partial charge in [-0.1, -0.05) is 27.7 Å². The number of hydrogen-bond acceptors (Lipinski definition) is 1. The predicted molar refractivity (Wildman–Crippen MR) is 55.5 cm³/mol. The highest BCUT2D eigenvalue weighted by Gasteiger charge is 2.38. The molecule has 11 heavy (non-hydrogen) atoms. The van der Waals surface area contributed by atoms with Crippen LogP contribution in [0.15, 0.2) is 0 Å². The molecule has 0 rings (SSSR count). The van der Waals surface area contributed by atoms with Gasteiger partial charge in [0.2, 0.25) is 0 Å². The summed E-state index contributed by atoms with van der Waals surface area (Å²) in [6.07, 6.45) is 0. The number of rotatable bonds is 4. The molecule has 0 N–H and O–H groups in total. The van der Waals surface area contributed by atoms with Crippen LogP contribution in [0, 0.1) is 0 Å². The van der Waals surface area contributed by atoms with E-state index < -0.39 is 6.86 Å². The maximum absolute atomic E-state index is 6.27. The fraction of sp³-hybridized carbons (Fsp3) is 1.00. The summed E-state index contributed by atoms with van der Waals surface area (Å²) in [6, 6.07) is 0. The molecule has 0 aromatic carbocycles. The van der Waals surface area contributed by atoms with Crippen molar-refractivity contribution < 1.29 is 0 Å². The van der Waals surface area contributed by atoms with E-state index in [1.165, 1.54) is 0 Å². The molecule has 1 nitrogen and oxygen atoms in total. The summed E-state index contributed by atoms with van der Waals surface area (Å²) in [7, 11) is 0. The summed E-state index contributed by atoms with van der Waals surface area (Å²) >= 11 is 12.5. The van der Waals surface area contributed by atoms with Crippen LogP contribution in [0.1, 0.15) is 27.7 Å². The van der Waals surface area contributed by atoms with Gasteiger partial charge < -0.3 is 4.57 Å². The molecule has 0 spiro atoms. The van der Waals surface area contributed by atoms with Crippen LogP contribution in [-0.2, 0) is 0 Å². The van der Waals surface area contributed by atoms with Gasteiger partial charge in [0.15, 0.2) is 0 Å². The van der Waals surface area contributed by atoms with Crippen LogP contribution < -0.4 is 0 Å². The third-order valence-electron chi connectivity index (χ3n) is 1.88. The van der Waals surface area contributed by atoms with E-state index in [0.29, 0.717) is 5.54 Å². The summed E-state index contributed by atoms with van der Waals surface area (Å²) < 4.78 is 2.18.